The smallest absolute Gasteiger partial charge is 0.113 e. The lowest BCUT2D eigenvalue weighted by Crippen LogP contribution is -2.00. The van der Waals surface area contributed by atoms with Crippen LogP contribution in [0.2, 0.25) is 0 Å². The van der Waals surface area contributed by atoms with Gasteiger partial charge >= 0.3 is 0 Å². The molecular formula is C15H14N4. The van der Waals surface area contributed by atoms with Crippen molar-refractivity contribution in [3.63, 3.8) is 0 Å². The van der Waals surface area contributed by atoms with E-state index in [2.05, 4.69) is 46.5 Å². The number of benzene rings is 1. The van der Waals surface area contributed by atoms with Gasteiger partial charge in [0.1, 0.15) is 5.69 Å². The molecular weight excluding hydrogens is 236 g/mol. The quantitative estimate of drug-likeness (QED) is 0.717. The first kappa shape index (κ1) is 11.6. The molecule has 4 nitrogen and oxygen atoms in total. The van der Waals surface area contributed by atoms with E-state index in [1.165, 1.54) is 5.56 Å². The van der Waals surface area contributed by atoms with Gasteiger partial charge in [0.25, 0.3) is 0 Å². The Morgan fingerprint density at radius 1 is 1.00 bits per heavy atom. The zero-order valence-corrected chi connectivity index (χ0v) is 10.7. The van der Waals surface area contributed by atoms with Gasteiger partial charge in [0.2, 0.25) is 0 Å². The fourth-order valence-electron chi connectivity index (χ4n) is 1.91. The van der Waals surface area contributed by atoms with Crippen LogP contribution in [-0.4, -0.2) is 20.0 Å². The number of rotatable bonds is 3. The van der Waals surface area contributed by atoms with Crippen LogP contribution >= 0.6 is 0 Å². The van der Waals surface area contributed by atoms with Crippen molar-refractivity contribution in [1.29, 1.82) is 0 Å². The van der Waals surface area contributed by atoms with E-state index in [0.717, 1.165) is 16.8 Å². The molecule has 0 aliphatic carbocycles. The van der Waals surface area contributed by atoms with Crippen LogP contribution in [0.1, 0.15) is 11.1 Å². The van der Waals surface area contributed by atoms with E-state index < -0.39 is 0 Å². The van der Waals surface area contributed by atoms with Gasteiger partial charge in [-0.15, -0.1) is 5.10 Å². The highest BCUT2D eigenvalue weighted by Gasteiger charge is 2.03. The average molecular weight is 250 g/mol. The average Bonchev–Trinajstić information content (AvgIpc) is 2.89. The standard InChI is InChI=1S/C15H14N4/c1-12-2-4-14(5-3-12)15-11-19(18-17-15)10-13-6-8-16-9-7-13/h2-9,11H,10H2,1H3. The summed E-state index contributed by atoms with van der Waals surface area (Å²) in [5, 5.41) is 8.37. The molecule has 0 bridgehead atoms. The monoisotopic (exact) mass is 250 g/mol. The van der Waals surface area contributed by atoms with Gasteiger partial charge in [0.05, 0.1) is 12.7 Å². The Balaban J connectivity index is 1.82. The molecule has 0 atom stereocenters. The maximum atomic E-state index is 4.21. The first-order chi connectivity index (χ1) is 9.31. The second-order valence-corrected chi connectivity index (χ2v) is 4.52. The summed E-state index contributed by atoms with van der Waals surface area (Å²) in [5.41, 5.74) is 4.39. The lowest BCUT2D eigenvalue weighted by molar-refractivity contribution is 0.649. The van der Waals surface area contributed by atoms with Crippen molar-refractivity contribution in [1.82, 2.24) is 20.0 Å². The number of pyridine rings is 1. The predicted molar refractivity (Wildman–Crippen MR) is 73.5 cm³/mol. The number of hydrogen-bond donors (Lipinski definition) is 0. The SMILES string of the molecule is Cc1ccc(-c2cn(Cc3ccncc3)nn2)cc1. The van der Waals surface area contributed by atoms with Gasteiger partial charge in [-0.2, -0.15) is 0 Å². The summed E-state index contributed by atoms with van der Waals surface area (Å²) in [5.74, 6) is 0. The molecule has 0 radical (unpaired) electrons. The van der Waals surface area contributed by atoms with Crippen molar-refractivity contribution in [2.75, 3.05) is 0 Å². The number of hydrogen-bond acceptors (Lipinski definition) is 3. The molecule has 2 aromatic heterocycles. The van der Waals surface area contributed by atoms with Crippen molar-refractivity contribution in [3.8, 4) is 11.3 Å². The molecule has 0 saturated heterocycles. The largest absolute Gasteiger partial charge is 0.265 e. The van der Waals surface area contributed by atoms with E-state index in [9.17, 15) is 0 Å². The van der Waals surface area contributed by atoms with Gasteiger partial charge in [0.15, 0.2) is 0 Å². The summed E-state index contributed by atoms with van der Waals surface area (Å²) in [7, 11) is 0. The van der Waals surface area contributed by atoms with Gasteiger partial charge in [-0.3, -0.25) is 4.98 Å². The highest BCUT2D eigenvalue weighted by atomic mass is 15.4. The van der Waals surface area contributed by atoms with Crippen LogP contribution in [0, 0.1) is 6.92 Å². The van der Waals surface area contributed by atoms with Crippen molar-refractivity contribution >= 4 is 0 Å². The molecule has 0 unspecified atom stereocenters. The highest BCUT2D eigenvalue weighted by molar-refractivity contribution is 5.57. The summed E-state index contributed by atoms with van der Waals surface area (Å²) < 4.78 is 1.84. The Kier molecular flexibility index (Phi) is 3.06. The van der Waals surface area contributed by atoms with E-state index in [0.29, 0.717) is 6.54 Å². The van der Waals surface area contributed by atoms with E-state index >= 15 is 0 Å². The predicted octanol–water partition coefficient (Wildman–Crippen LogP) is 2.70. The molecule has 94 valence electrons. The zero-order chi connectivity index (χ0) is 13.1. The van der Waals surface area contributed by atoms with E-state index in [1.807, 2.05) is 23.0 Å². The maximum absolute atomic E-state index is 4.21. The third kappa shape index (κ3) is 2.68. The molecule has 0 saturated carbocycles. The summed E-state index contributed by atoms with van der Waals surface area (Å²) in [6.45, 7) is 2.78. The summed E-state index contributed by atoms with van der Waals surface area (Å²) >= 11 is 0. The molecule has 0 N–H and O–H groups in total. The minimum absolute atomic E-state index is 0.710. The molecule has 0 aliphatic heterocycles. The van der Waals surface area contributed by atoms with Crippen LogP contribution in [0.15, 0.2) is 55.0 Å². The molecule has 0 aliphatic rings. The summed E-state index contributed by atoms with van der Waals surface area (Å²) in [6.07, 6.45) is 5.53. The topological polar surface area (TPSA) is 43.6 Å². The second kappa shape index (κ2) is 5.02. The molecule has 0 fully saturated rings. The minimum Gasteiger partial charge on any atom is -0.265 e. The van der Waals surface area contributed by atoms with E-state index in [1.54, 1.807) is 12.4 Å². The van der Waals surface area contributed by atoms with Crippen molar-refractivity contribution in [3.05, 3.63) is 66.1 Å². The Morgan fingerprint density at radius 3 is 2.47 bits per heavy atom. The van der Waals surface area contributed by atoms with Crippen LogP contribution in [0.25, 0.3) is 11.3 Å². The molecule has 3 aromatic rings. The van der Waals surface area contributed by atoms with Gasteiger partial charge in [0, 0.05) is 18.0 Å². The van der Waals surface area contributed by atoms with Gasteiger partial charge in [-0.25, -0.2) is 4.68 Å². The Bertz CT molecular complexity index is 656. The first-order valence-corrected chi connectivity index (χ1v) is 6.17. The minimum atomic E-state index is 0.710. The third-order valence-electron chi connectivity index (χ3n) is 2.98. The van der Waals surface area contributed by atoms with Crippen LogP contribution < -0.4 is 0 Å². The van der Waals surface area contributed by atoms with Crippen LogP contribution in [0.4, 0.5) is 0 Å². The fourth-order valence-corrected chi connectivity index (χ4v) is 1.91. The maximum Gasteiger partial charge on any atom is 0.113 e. The number of aryl methyl sites for hydroxylation is 1. The van der Waals surface area contributed by atoms with Gasteiger partial charge in [-0.05, 0) is 24.6 Å². The van der Waals surface area contributed by atoms with Crippen molar-refractivity contribution in [2.45, 2.75) is 13.5 Å². The van der Waals surface area contributed by atoms with Crippen LogP contribution in [-0.2, 0) is 6.54 Å². The Morgan fingerprint density at radius 2 is 1.74 bits per heavy atom. The van der Waals surface area contributed by atoms with Crippen molar-refractivity contribution in [2.24, 2.45) is 0 Å². The molecule has 4 heteroatoms. The zero-order valence-electron chi connectivity index (χ0n) is 10.7. The van der Waals surface area contributed by atoms with E-state index in [-0.39, 0.29) is 0 Å². The van der Waals surface area contributed by atoms with Gasteiger partial charge < -0.3 is 0 Å². The summed E-state index contributed by atoms with van der Waals surface area (Å²) in [4.78, 5) is 4.00. The molecule has 19 heavy (non-hydrogen) atoms. The molecule has 3 rings (SSSR count). The Labute approximate surface area is 111 Å². The number of nitrogens with zero attached hydrogens (tertiary/aromatic N) is 4. The van der Waals surface area contributed by atoms with Gasteiger partial charge in [-0.1, -0.05) is 35.0 Å². The molecule has 2 heterocycles. The Hall–Kier alpha value is -2.49. The van der Waals surface area contributed by atoms with E-state index in [4.69, 9.17) is 0 Å². The normalized spacial score (nSPS) is 10.6. The fraction of sp³-hybridized carbons (Fsp3) is 0.133. The molecule has 1 aromatic carbocycles. The lowest BCUT2D eigenvalue weighted by Gasteiger charge is -1.99. The first-order valence-electron chi connectivity index (χ1n) is 6.17. The highest BCUT2D eigenvalue weighted by Crippen LogP contribution is 2.16. The van der Waals surface area contributed by atoms with Crippen LogP contribution in [0.5, 0.6) is 0 Å². The molecule has 0 spiro atoms. The lowest BCUT2D eigenvalue weighted by atomic mass is 10.1. The summed E-state index contributed by atoms with van der Waals surface area (Å²) in [6, 6.07) is 12.3. The van der Waals surface area contributed by atoms with Crippen molar-refractivity contribution < 1.29 is 0 Å². The third-order valence-corrected chi connectivity index (χ3v) is 2.98. The van der Waals surface area contributed by atoms with Crippen LogP contribution in [0.3, 0.4) is 0 Å². The second-order valence-electron chi connectivity index (χ2n) is 4.52. The number of aromatic nitrogens is 4. The molecule has 0 amide bonds.